The monoisotopic (exact) mass is 648 g/mol. The van der Waals surface area contributed by atoms with Crippen molar-refractivity contribution in [3.8, 4) is 11.5 Å². The minimum absolute atomic E-state index is 0.217. The van der Waals surface area contributed by atoms with Crippen LogP contribution in [-0.4, -0.2) is 46.5 Å². The molecular formula is C35H34ClFN2O5S. The Kier molecular flexibility index (Phi) is 9.72. The average Bonchev–Trinajstić information content (AvgIpc) is 3.27. The lowest BCUT2D eigenvalue weighted by Crippen LogP contribution is -2.52. The number of amides is 1. The lowest BCUT2D eigenvalue weighted by Gasteiger charge is -2.38. The van der Waals surface area contributed by atoms with Crippen LogP contribution in [0.1, 0.15) is 47.8 Å². The standard InChI is InChI=1S/C35H34ClFN2O5S/c1-5-23-17-26(11-12-28(23)36)44-30-13-10-25(37)16-24(30)18-31-34(42)39(20-32(41)38-14-15-43-35(3,4)21-38)33(45-31)19-29(40)27-9-7-6-8-22(27)2/h6-13,16-19H,5,14-15,20-21H2,1-4H3/b31-18-,33-19-. The summed E-state index contributed by atoms with van der Waals surface area (Å²) in [6.45, 7) is 8.52. The Morgan fingerprint density at radius 3 is 2.64 bits per heavy atom. The van der Waals surface area contributed by atoms with Gasteiger partial charge in [-0.25, -0.2) is 4.39 Å². The first-order valence-corrected chi connectivity index (χ1v) is 15.8. The molecule has 1 aromatic heterocycles. The van der Waals surface area contributed by atoms with E-state index in [1.165, 1.54) is 34.9 Å². The van der Waals surface area contributed by atoms with Crippen molar-refractivity contribution in [1.82, 2.24) is 9.47 Å². The van der Waals surface area contributed by atoms with Crippen LogP contribution in [0.25, 0.3) is 12.2 Å². The number of rotatable bonds is 8. The highest BCUT2D eigenvalue weighted by Gasteiger charge is 2.30. The Labute approximate surface area is 269 Å². The first-order valence-electron chi connectivity index (χ1n) is 14.6. The molecule has 1 aliphatic heterocycles. The first-order chi connectivity index (χ1) is 21.4. The topological polar surface area (TPSA) is 77.8 Å². The molecule has 0 unspecified atom stereocenters. The molecule has 0 aliphatic carbocycles. The number of thiazole rings is 1. The van der Waals surface area contributed by atoms with Gasteiger partial charge in [0.25, 0.3) is 5.56 Å². The van der Waals surface area contributed by atoms with Crippen molar-refractivity contribution in [3.63, 3.8) is 0 Å². The van der Waals surface area contributed by atoms with Gasteiger partial charge in [-0.15, -0.1) is 11.3 Å². The van der Waals surface area contributed by atoms with Crippen LogP contribution in [0.5, 0.6) is 11.5 Å². The molecule has 45 heavy (non-hydrogen) atoms. The molecule has 5 rings (SSSR count). The summed E-state index contributed by atoms with van der Waals surface area (Å²) >= 11 is 7.32. The van der Waals surface area contributed by atoms with E-state index in [4.69, 9.17) is 21.1 Å². The van der Waals surface area contributed by atoms with Crippen LogP contribution in [0, 0.1) is 12.7 Å². The summed E-state index contributed by atoms with van der Waals surface area (Å²) in [4.78, 5) is 42.3. The predicted octanol–water partition coefficient (Wildman–Crippen LogP) is 5.50. The van der Waals surface area contributed by atoms with E-state index in [1.54, 1.807) is 29.2 Å². The van der Waals surface area contributed by atoms with E-state index < -0.39 is 17.0 Å². The maximum atomic E-state index is 14.5. The second-order valence-electron chi connectivity index (χ2n) is 11.5. The molecule has 2 heterocycles. The molecule has 0 atom stereocenters. The van der Waals surface area contributed by atoms with Gasteiger partial charge in [0.15, 0.2) is 5.78 Å². The minimum Gasteiger partial charge on any atom is -0.457 e. The zero-order valence-electron chi connectivity index (χ0n) is 25.6. The van der Waals surface area contributed by atoms with E-state index in [9.17, 15) is 18.8 Å². The van der Waals surface area contributed by atoms with Crippen molar-refractivity contribution in [2.45, 2.75) is 46.3 Å². The number of carbonyl (C=O) groups excluding carboxylic acids is 2. The number of halogens is 2. The van der Waals surface area contributed by atoms with Gasteiger partial charge in [0, 0.05) is 35.3 Å². The highest BCUT2D eigenvalue weighted by molar-refractivity contribution is 7.07. The zero-order chi connectivity index (χ0) is 32.3. The molecule has 1 saturated heterocycles. The number of aryl methyl sites for hydroxylation is 2. The Morgan fingerprint density at radius 2 is 1.91 bits per heavy atom. The third-order valence-corrected chi connectivity index (χ3v) is 8.99. The number of nitrogens with zero attached hydrogens (tertiary/aromatic N) is 2. The fourth-order valence-electron chi connectivity index (χ4n) is 5.18. The van der Waals surface area contributed by atoms with E-state index in [0.717, 1.165) is 22.5 Å². The maximum absolute atomic E-state index is 14.5. The average molecular weight is 649 g/mol. The largest absolute Gasteiger partial charge is 0.457 e. The predicted molar refractivity (Wildman–Crippen MR) is 175 cm³/mol. The Balaban J connectivity index is 1.60. The molecule has 0 bridgehead atoms. The molecular weight excluding hydrogens is 615 g/mol. The molecule has 10 heteroatoms. The lowest BCUT2D eigenvalue weighted by molar-refractivity contribution is -0.146. The minimum atomic E-state index is -0.516. The van der Waals surface area contributed by atoms with Gasteiger partial charge in [-0.2, -0.15) is 0 Å². The molecule has 234 valence electrons. The second-order valence-corrected chi connectivity index (χ2v) is 12.9. The molecule has 1 aliphatic rings. The van der Waals surface area contributed by atoms with E-state index in [1.807, 2.05) is 45.9 Å². The maximum Gasteiger partial charge on any atom is 0.269 e. The third kappa shape index (κ3) is 7.61. The molecule has 1 amide bonds. The number of benzene rings is 3. The summed E-state index contributed by atoms with van der Waals surface area (Å²) < 4.78 is 28.2. The van der Waals surface area contributed by atoms with Crippen LogP contribution < -0.4 is 19.5 Å². The molecule has 4 aromatic rings. The van der Waals surface area contributed by atoms with E-state index in [-0.39, 0.29) is 22.8 Å². The van der Waals surface area contributed by atoms with Crippen molar-refractivity contribution in [2.24, 2.45) is 0 Å². The quantitative estimate of drug-likeness (QED) is 0.236. The number of hydrogen-bond donors (Lipinski definition) is 0. The summed E-state index contributed by atoms with van der Waals surface area (Å²) in [7, 11) is 0. The van der Waals surface area contributed by atoms with Crippen molar-refractivity contribution < 1.29 is 23.5 Å². The molecule has 0 saturated carbocycles. The number of morpholine rings is 1. The van der Waals surface area contributed by atoms with Gasteiger partial charge in [-0.3, -0.25) is 19.0 Å². The fourth-order valence-corrected chi connectivity index (χ4v) is 6.46. The molecule has 3 aromatic carbocycles. The normalized spacial score (nSPS) is 15.4. The number of carbonyl (C=O) groups is 2. The summed E-state index contributed by atoms with van der Waals surface area (Å²) in [6.07, 6.45) is 3.61. The highest BCUT2D eigenvalue weighted by Crippen LogP contribution is 2.30. The van der Waals surface area contributed by atoms with E-state index in [0.29, 0.717) is 58.4 Å². The molecule has 0 spiro atoms. The molecule has 0 N–H and O–H groups in total. The van der Waals surface area contributed by atoms with Gasteiger partial charge >= 0.3 is 0 Å². The molecule has 7 nitrogen and oxygen atoms in total. The van der Waals surface area contributed by atoms with Crippen LogP contribution in [0.15, 0.2) is 65.5 Å². The van der Waals surface area contributed by atoms with Crippen LogP contribution in [0.4, 0.5) is 4.39 Å². The number of ether oxygens (including phenoxy) is 2. The van der Waals surface area contributed by atoms with Crippen molar-refractivity contribution in [3.05, 3.63) is 113 Å². The van der Waals surface area contributed by atoms with E-state index in [2.05, 4.69) is 0 Å². The first kappa shape index (κ1) is 32.3. The molecule has 1 fully saturated rings. The summed E-state index contributed by atoms with van der Waals surface area (Å²) in [5.74, 6) is -0.229. The van der Waals surface area contributed by atoms with Gasteiger partial charge in [0.1, 0.15) is 28.5 Å². The van der Waals surface area contributed by atoms with Gasteiger partial charge in [-0.05, 0) is 80.8 Å². The van der Waals surface area contributed by atoms with E-state index >= 15 is 0 Å². The Hall–Kier alpha value is -4.05. The highest BCUT2D eigenvalue weighted by atomic mass is 35.5. The van der Waals surface area contributed by atoms with Gasteiger partial charge < -0.3 is 14.4 Å². The Morgan fingerprint density at radius 1 is 1.13 bits per heavy atom. The zero-order valence-corrected chi connectivity index (χ0v) is 27.1. The Bertz CT molecular complexity index is 1950. The number of ketones is 1. The fraction of sp³-hybridized carbons (Fsp3) is 0.286. The SMILES string of the molecule is CCc1cc(Oc2ccc(F)cc2/C=c2\s/c(=C\C(=O)c3ccccc3C)n(CC(=O)N3CCOC(C)(C)C3)c2=O)ccc1Cl. The smallest absolute Gasteiger partial charge is 0.269 e. The lowest BCUT2D eigenvalue weighted by atomic mass is 10.1. The number of aromatic nitrogens is 1. The van der Waals surface area contributed by atoms with Crippen LogP contribution >= 0.6 is 22.9 Å². The summed E-state index contributed by atoms with van der Waals surface area (Å²) in [5, 5.41) is 0.620. The molecule has 0 radical (unpaired) electrons. The van der Waals surface area contributed by atoms with Crippen molar-refractivity contribution in [1.29, 1.82) is 0 Å². The number of hydrogen-bond acceptors (Lipinski definition) is 6. The van der Waals surface area contributed by atoms with Crippen molar-refractivity contribution in [2.75, 3.05) is 19.7 Å². The summed E-state index contributed by atoms with van der Waals surface area (Å²) in [6, 6.07) is 16.5. The van der Waals surface area contributed by atoms with Crippen molar-refractivity contribution >= 4 is 46.8 Å². The van der Waals surface area contributed by atoms with Crippen LogP contribution in [0.3, 0.4) is 0 Å². The summed E-state index contributed by atoms with van der Waals surface area (Å²) in [5.41, 5.74) is 1.52. The van der Waals surface area contributed by atoms with Gasteiger partial charge in [0.2, 0.25) is 5.91 Å². The van der Waals surface area contributed by atoms with Gasteiger partial charge in [0.05, 0.1) is 16.7 Å². The van der Waals surface area contributed by atoms with Crippen LogP contribution in [-0.2, 0) is 22.5 Å². The van der Waals surface area contributed by atoms with Gasteiger partial charge in [-0.1, -0.05) is 42.8 Å². The second kappa shape index (κ2) is 13.5. The number of Topliss-reactive ketones (excluding diaryl/α,β-unsaturated/α-hetero) is 1. The third-order valence-electron chi connectivity index (χ3n) is 7.56. The van der Waals surface area contributed by atoms with Crippen LogP contribution in [0.2, 0.25) is 5.02 Å².